The molecule has 3 heterocycles. The topological polar surface area (TPSA) is 90.5 Å². The largest absolute Gasteiger partial charge is 0.353 e. The Morgan fingerprint density at radius 2 is 1.84 bits per heavy atom. The molecule has 0 spiro atoms. The van der Waals surface area contributed by atoms with E-state index in [1.165, 1.54) is 6.33 Å². The Kier molecular flexibility index (Phi) is 6.91. The first-order valence-corrected chi connectivity index (χ1v) is 11.5. The predicted molar refractivity (Wildman–Crippen MR) is 125 cm³/mol. The number of nitrogens with one attached hydrogen (secondary N) is 2. The van der Waals surface area contributed by atoms with Crippen LogP contribution in [0.4, 0.5) is 11.6 Å². The van der Waals surface area contributed by atoms with Gasteiger partial charge in [0.2, 0.25) is 11.8 Å². The third kappa shape index (κ3) is 5.02. The van der Waals surface area contributed by atoms with Gasteiger partial charge in [-0.15, -0.1) is 0 Å². The number of anilines is 2. The van der Waals surface area contributed by atoms with Crippen LogP contribution in [0.1, 0.15) is 37.3 Å². The summed E-state index contributed by atoms with van der Waals surface area (Å²) in [7, 11) is 0. The number of carbonyl (C=O) groups excluding carboxylic acids is 2. The summed E-state index contributed by atoms with van der Waals surface area (Å²) in [5.74, 6) is 1.31. The minimum Gasteiger partial charge on any atom is -0.353 e. The highest BCUT2D eigenvalue weighted by molar-refractivity contribution is 6.30. The Bertz CT molecular complexity index is 973. The second kappa shape index (κ2) is 9.83. The molecule has 0 bridgehead atoms. The summed E-state index contributed by atoms with van der Waals surface area (Å²) < 4.78 is 0. The first-order valence-electron chi connectivity index (χ1n) is 11.1. The van der Waals surface area contributed by atoms with Gasteiger partial charge < -0.3 is 20.4 Å². The number of rotatable bonds is 6. The van der Waals surface area contributed by atoms with Gasteiger partial charge in [-0.2, -0.15) is 0 Å². The van der Waals surface area contributed by atoms with Gasteiger partial charge in [0.05, 0.1) is 5.92 Å². The molecule has 1 aromatic carbocycles. The van der Waals surface area contributed by atoms with Crippen LogP contribution in [0.5, 0.6) is 0 Å². The van der Waals surface area contributed by atoms with Crippen LogP contribution in [-0.4, -0.2) is 65.4 Å². The van der Waals surface area contributed by atoms with Crippen molar-refractivity contribution in [3.63, 3.8) is 0 Å². The van der Waals surface area contributed by atoms with Crippen molar-refractivity contribution in [1.29, 1.82) is 0 Å². The van der Waals surface area contributed by atoms with Crippen molar-refractivity contribution >= 4 is 35.1 Å². The van der Waals surface area contributed by atoms with E-state index < -0.39 is 0 Å². The first kappa shape index (κ1) is 22.5. The highest BCUT2D eigenvalue weighted by atomic mass is 35.5. The number of aromatic nitrogens is 2. The molecule has 8 nitrogen and oxygen atoms in total. The molecule has 0 aliphatic carbocycles. The van der Waals surface area contributed by atoms with Gasteiger partial charge in [-0.05, 0) is 24.1 Å². The first-order chi connectivity index (χ1) is 15.4. The standard InChI is InChI=1S/C23H29ClN6O2/c1-15(2)25-13-19(16-3-5-17(24)6-4-16)23(32)30-11-9-29(10-12-30)22-18-7-8-20(31)28-21(18)26-14-27-22/h3-6,14-15,19,25H,7-13H2,1-2H3,(H,26,27,28,31)/t19-/m1/s1. The van der Waals surface area contributed by atoms with E-state index in [0.29, 0.717) is 62.4 Å². The molecule has 0 unspecified atom stereocenters. The van der Waals surface area contributed by atoms with Crippen molar-refractivity contribution in [3.05, 3.63) is 46.7 Å². The molecule has 1 saturated heterocycles. The summed E-state index contributed by atoms with van der Waals surface area (Å²) in [6.45, 7) is 7.35. The average Bonchev–Trinajstić information content (AvgIpc) is 2.79. The van der Waals surface area contributed by atoms with E-state index in [1.807, 2.05) is 29.2 Å². The molecular formula is C23H29ClN6O2. The zero-order valence-electron chi connectivity index (χ0n) is 18.5. The summed E-state index contributed by atoms with van der Waals surface area (Å²) in [6, 6.07) is 7.83. The van der Waals surface area contributed by atoms with Gasteiger partial charge in [0.1, 0.15) is 18.0 Å². The Balaban J connectivity index is 1.45. The minimum atomic E-state index is -0.261. The predicted octanol–water partition coefficient (Wildman–Crippen LogP) is 2.45. The van der Waals surface area contributed by atoms with E-state index in [4.69, 9.17) is 11.6 Å². The molecule has 9 heteroatoms. The molecule has 1 atom stereocenters. The molecule has 2 aliphatic rings. The number of hydrogen-bond acceptors (Lipinski definition) is 6. The number of benzene rings is 1. The summed E-state index contributed by atoms with van der Waals surface area (Å²) in [4.78, 5) is 38.0. The van der Waals surface area contributed by atoms with Crippen LogP contribution in [-0.2, 0) is 16.0 Å². The van der Waals surface area contributed by atoms with Crippen molar-refractivity contribution in [2.24, 2.45) is 0 Å². The highest BCUT2D eigenvalue weighted by Crippen LogP contribution is 2.29. The van der Waals surface area contributed by atoms with Crippen molar-refractivity contribution in [3.8, 4) is 0 Å². The SMILES string of the molecule is CC(C)NC[C@@H](C(=O)N1CCN(c2ncnc3c2CCC(=O)N3)CC1)c1ccc(Cl)cc1. The maximum atomic E-state index is 13.5. The van der Waals surface area contributed by atoms with Gasteiger partial charge >= 0.3 is 0 Å². The zero-order valence-corrected chi connectivity index (χ0v) is 19.2. The van der Waals surface area contributed by atoms with Gasteiger partial charge in [-0.3, -0.25) is 9.59 Å². The highest BCUT2D eigenvalue weighted by Gasteiger charge is 2.30. The van der Waals surface area contributed by atoms with Gasteiger partial charge in [0.25, 0.3) is 0 Å². The van der Waals surface area contributed by atoms with Crippen LogP contribution in [0.25, 0.3) is 0 Å². The number of piperazine rings is 1. The fourth-order valence-electron chi connectivity index (χ4n) is 4.20. The molecule has 1 aromatic heterocycles. The Morgan fingerprint density at radius 3 is 2.53 bits per heavy atom. The molecule has 4 rings (SSSR count). The molecule has 2 aromatic rings. The van der Waals surface area contributed by atoms with Crippen LogP contribution in [0.3, 0.4) is 0 Å². The van der Waals surface area contributed by atoms with Crippen LogP contribution >= 0.6 is 11.6 Å². The summed E-state index contributed by atoms with van der Waals surface area (Å²) >= 11 is 6.05. The van der Waals surface area contributed by atoms with E-state index in [0.717, 1.165) is 16.9 Å². The molecule has 170 valence electrons. The molecule has 2 amide bonds. The third-order valence-corrected chi connectivity index (χ3v) is 6.23. The summed E-state index contributed by atoms with van der Waals surface area (Å²) in [5.41, 5.74) is 1.95. The van der Waals surface area contributed by atoms with Crippen LogP contribution < -0.4 is 15.5 Å². The third-order valence-electron chi connectivity index (χ3n) is 5.97. The molecule has 0 saturated carbocycles. The number of nitrogens with zero attached hydrogens (tertiary/aromatic N) is 4. The van der Waals surface area contributed by atoms with Gasteiger partial charge in [0, 0.05) is 55.8 Å². The van der Waals surface area contributed by atoms with Crippen LogP contribution in [0.15, 0.2) is 30.6 Å². The monoisotopic (exact) mass is 456 g/mol. The lowest BCUT2D eigenvalue weighted by atomic mass is 9.96. The van der Waals surface area contributed by atoms with Crippen molar-refractivity contribution < 1.29 is 9.59 Å². The van der Waals surface area contributed by atoms with Gasteiger partial charge in [0.15, 0.2) is 0 Å². The van der Waals surface area contributed by atoms with Crippen molar-refractivity contribution in [1.82, 2.24) is 20.2 Å². The van der Waals surface area contributed by atoms with E-state index in [9.17, 15) is 9.59 Å². The van der Waals surface area contributed by atoms with Crippen molar-refractivity contribution in [2.45, 2.75) is 38.6 Å². The maximum Gasteiger partial charge on any atom is 0.231 e. The normalized spacial score (nSPS) is 17.2. The average molecular weight is 457 g/mol. The molecule has 2 aliphatic heterocycles. The fraction of sp³-hybridized carbons (Fsp3) is 0.478. The second-order valence-corrected chi connectivity index (χ2v) is 8.99. The lowest BCUT2D eigenvalue weighted by Crippen LogP contribution is -2.51. The zero-order chi connectivity index (χ0) is 22.7. The lowest BCUT2D eigenvalue weighted by Gasteiger charge is -2.38. The molecule has 2 N–H and O–H groups in total. The second-order valence-electron chi connectivity index (χ2n) is 8.55. The van der Waals surface area contributed by atoms with Crippen LogP contribution in [0.2, 0.25) is 5.02 Å². The Morgan fingerprint density at radius 1 is 1.12 bits per heavy atom. The van der Waals surface area contributed by atoms with Gasteiger partial charge in [-0.25, -0.2) is 9.97 Å². The number of amides is 2. The van der Waals surface area contributed by atoms with Crippen LogP contribution in [0, 0.1) is 0 Å². The van der Waals surface area contributed by atoms with Crippen molar-refractivity contribution in [2.75, 3.05) is 42.9 Å². The summed E-state index contributed by atoms with van der Waals surface area (Å²) in [6.07, 6.45) is 2.57. The lowest BCUT2D eigenvalue weighted by molar-refractivity contribution is -0.133. The number of halogens is 1. The number of hydrogen-bond donors (Lipinski definition) is 2. The maximum absolute atomic E-state index is 13.5. The molecule has 1 fully saturated rings. The Hall–Kier alpha value is -2.71. The van der Waals surface area contributed by atoms with E-state index in [-0.39, 0.29) is 17.7 Å². The fourth-order valence-corrected chi connectivity index (χ4v) is 4.33. The molecule has 32 heavy (non-hydrogen) atoms. The number of fused-ring (bicyclic) bond motifs is 1. The quantitative estimate of drug-likeness (QED) is 0.693. The summed E-state index contributed by atoms with van der Waals surface area (Å²) in [5, 5.41) is 6.90. The molecular weight excluding hydrogens is 428 g/mol. The van der Waals surface area contributed by atoms with E-state index in [1.54, 1.807) is 0 Å². The van der Waals surface area contributed by atoms with E-state index >= 15 is 0 Å². The Labute approximate surface area is 193 Å². The van der Waals surface area contributed by atoms with Gasteiger partial charge in [-0.1, -0.05) is 37.6 Å². The molecule has 0 radical (unpaired) electrons. The minimum absolute atomic E-state index is 0.0131. The van der Waals surface area contributed by atoms with E-state index in [2.05, 4.69) is 39.3 Å². The smallest absolute Gasteiger partial charge is 0.231 e. The number of carbonyl (C=O) groups is 2.